The van der Waals surface area contributed by atoms with Gasteiger partial charge in [-0.25, -0.2) is 4.98 Å². The molecule has 0 aliphatic rings. The molecule has 0 aromatic carbocycles. The monoisotopic (exact) mass is 232 g/mol. The van der Waals surface area contributed by atoms with Crippen LogP contribution in [0.3, 0.4) is 0 Å². The first-order valence-electron chi connectivity index (χ1n) is 5.63. The SMILES string of the molecule is CCNC(=O)c1cc(C)nc2c1c(C)nn2C. The molecule has 2 rings (SSSR count). The Hall–Kier alpha value is -1.91. The van der Waals surface area contributed by atoms with Crippen molar-refractivity contribution < 1.29 is 4.79 Å². The first-order chi connectivity index (χ1) is 8.04. The van der Waals surface area contributed by atoms with Gasteiger partial charge in [-0.2, -0.15) is 5.10 Å². The maximum Gasteiger partial charge on any atom is 0.252 e. The van der Waals surface area contributed by atoms with Crippen LogP contribution < -0.4 is 5.32 Å². The van der Waals surface area contributed by atoms with E-state index in [1.807, 2.05) is 33.9 Å². The fourth-order valence-corrected chi connectivity index (χ4v) is 2.00. The van der Waals surface area contributed by atoms with Crippen molar-refractivity contribution in [2.45, 2.75) is 20.8 Å². The Morgan fingerprint density at radius 1 is 1.47 bits per heavy atom. The van der Waals surface area contributed by atoms with Crippen LogP contribution in [0, 0.1) is 13.8 Å². The second kappa shape index (κ2) is 4.16. The minimum absolute atomic E-state index is 0.0703. The van der Waals surface area contributed by atoms with E-state index in [2.05, 4.69) is 15.4 Å². The average molecular weight is 232 g/mol. The Labute approximate surface area is 99.8 Å². The fraction of sp³-hybridized carbons (Fsp3) is 0.417. The zero-order chi connectivity index (χ0) is 12.6. The maximum atomic E-state index is 12.0. The van der Waals surface area contributed by atoms with Gasteiger partial charge in [-0.3, -0.25) is 9.48 Å². The number of aryl methyl sites for hydroxylation is 3. The van der Waals surface area contributed by atoms with Crippen LogP contribution in [0.5, 0.6) is 0 Å². The molecule has 5 nitrogen and oxygen atoms in total. The van der Waals surface area contributed by atoms with Gasteiger partial charge < -0.3 is 5.32 Å². The number of aromatic nitrogens is 3. The number of pyridine rings is 1. The van der Waals surface area contributed by atoms with Crippen molar-refractivity contribution in [2.75, 3.05) is 6.54 Å². The molecule has 5 heteroatoms. The normalized spacial score (nSPS) is 10.8. The lowest BCUT2D eigenvalue weighted by atomic mass is 10.1. The molecule has 1 amide bonds. The number of rotatable bonds is 2. The van der Waals surface area contributed by atoms with Gasteiger partial charge in [-0.05, 0) is 26.8 Å². The van der Waals surface area contributed by atoms with E-state index >= 15 is 0 Å². The van der Waals surface area contributed by atoms with Crippen LogP contribution in [0.15, 0.2) is 6.07 Å². The van der Waals surface area contributed by atoms with Crippen molar-refractivity contribution >= 4 is 16.9 Å². The molecule has 17 heavy (non-hydrogen) atoms. The van der Waals surface area contributed by atoms with Crippen molar-refractivity contribution in [2.24, 2.45) is 7.05 Å². The molecule has 90 valence electrons. The Morgan fingerprint density at radius 2 is 2.18 bits per heavy atom. The minimum Gasteiger partial charge on any atom is -0.352 e. The molecule has 0 radical (unpaired) electrons. The molecular weight excluding hydrogens is 216 g/mol. The highest BCUT2D eigenvalue weighted by atomic mass is 16.1. The van der Waals surface area contributed by atoms with Gasteiger partial charge in [0.25, 0.3) is 5.91 Å². The fourth-order valence-electron chi connectivity index (χ4n) is 2.00. The third-order valence-corrected chi connectivity index (χ3v) is 2.68. The Morgan fingerprint density at radius 3 is 2.82 bits per heavy atom. The zero-order valence-electron chi connectivity index (χ0n) is 10.5. The summed E-state index contributed by atoms with van der Waals surface area (Å²) >= 11 is 0. The van der Waals surface area contributed by atoms with E-state index in [0.29, 0.717) is 12.1 Å². The number of hydrogen-bond donors (Lipinski definition) is 1. The highest BCUT2D eigenvalue weighted by Gasteiger charge is 2.16. The molecule has 2 aromatic rings. The maximum absolute atomic E-state index is 12.0. The molecule has 0 bridgehead atoms. The van der Waals surface area contributed by atoms with E-state index in [0.717, 1.165) is 22.4 Å². The Bertz CT molecular complexity index is 586. The number of nitrogens with one attached hydrogen (secondary N) is 1. The number of fused-ring (bicyclic) bond motifs is 1. The number of nitrogens with zero attached hydrogens (tertiary/aromatic N) is 3. The van der Waals surface area contributed by atoms with Gasteiger partial charge in [0.15, 0.2) is 5.65 Å². The van der Waals surface area contributed by atoms with Crippen molar-refractivity contribution in [3.63, 3.8) is 0 Å². The van der Waals surface area contributed by atoms with Crippen LogP contribution in [0.4, 0.5) is 0 Å². The Kier molecular flexibility index (Phi) is 2.83. The van der Waals surface area contributed by atoms with Crippen LogP contribution in [0.25, 0.3) is 11.0 Å². The van der Waals surface area contributed by atoms with Crippen molar-refractivity contribution in [1.29, 1.82) is 0 Å². The summed E-state index contributed by atoms with van der Waals surface area (Å²) in [6.45, 7) is 6.28. The third kappa shape index (κ3) is 1.88. The highest BCUT2D eigenvalue weighted by molar-refractivity contribution is 6.06. The zero-order valence-corrected chi connectivity index (χ0v) is 10.5. The highest BCUT2D eigenvalue weighted by Crippen LogP contribution is 2.21. The smallest absolute Gasteiger partial charge is 0.252 e. The predicted molar refractivity (Wildman–Crippen MR) is 66.0 cm³/mol. The van der Waals surface area contributed by atoms with Crippen molar-refractivity contribution in [1.82, 2.24) is 20.1 Å². The topological polar surface area (TPSA) is 59.8 Å². The summed E-state index contributed by atoms with van der Waals surface area (Å²) in [5.41, 5.74) is 3.06. The molecule has 0 spiro atoms. The van der Waals surface area contributed by atoms with E-state index in [-0.39, 0.29) is 5.91 Å². The van der Waals surface area contributed by atoms with Crippen molar-refractivity contribution in [3.8, 4) is 0 Å². The lowest BCUT2D eigenvalue weighted by Crippen LogP contribution is -2.23. The molecular formula is C12H16N4O. The molecule has 0 saturated carbocycles. The minimum atomic E-state index is -0.0703. The van der Waals surface area contributed by atoms with Gasteiger partial charge in [0.1, 0.15) is 0 Å². The number of carbonyl (C=O) groups excluding carboxylic acids is 1. The lowest BCUT2D eigenvalue weighted by Gasteiger charge is -2.05. The van der Waals surface area contributed by atoms with Gasteiger partial charge in [-0.1, -0.05) is 0 Å². The quantitative estimate of drug-likeness (QED) is 0.849. The van der Waals surface area contributed by atoms with Crippen LogP contribution in [-0.2, 0) is 7.05 Å². The first-order valence-corrected chi connectivity index (χ1v) is 5.63. The summed E-state index contributed by atoms with van der Waals surface area (Å²) in [4.78, 5) is 16.4. The molecule has 2 aromatic heterocycles. The summed E-state index contributed by atoms with van der Waals surface area (Å²) in [6, 6.07) is 1.81. The standard InChI is InChI=1S/C12H16N4O/c1-5-13-12(17)9-6-7(2)14-11-10(9)8(3)15-16(11)4/h6H,5H2,1-4H3,(H,13,17). The summed E-state index contributed by atoms with van der Waals surface area (Å²) in [5, 5.41) is 7.96. The van der Waals surface area contributed by atoms with E-state index in [9.17, 15) is 4.79 Å². The third-order valence-electron chi connectivity index (χ3n) is 2.68. The number of carbonyl (C=O) groups is 1. The molecule has 0 aliphatic heterocycles. The van der Waals surface area contributed by atoms with Crippen molar-refractivity contribution in [3.05, 3.63) is 23.0 Å². The molecule has 2 heterocycles. The summed E-state index contributed by atoms with van der Waals surface area (Å²) in [5.74, 6) is -0.0703. The van der Waals surface area contributed by atoms with E-state index in [1.54, 1.807) is 4.68 Å². The lowest BCUT2D eigenvalue weighted by molar-refractivity contribution is 0.0957. The molecule has 0 fully saturated rings. The van der Waals surface area contributed by atoms with E-state index < -0.39 is 0 Å². The number of amides is 1. The second-order valence-corrected chi connectivity index (χ2v) is 4.08. The van der Waals surface area contributed by atoms with E-state index in [4.69, 9.17) is 0 Å². The van der Waals surface area contributed by atoms with Gasteiger partial charge in [0, 0.05) is 19.3 Å². The van der Waals surface area contributed by atoms with Gasteiger partial charge >= 0.3 is 0 Å². The van der Waals surface area contributed by atoms with Crippen LogP contribution in [-0.4, -0.2) is 27.2 Å². The molecule has 1 N–H and O–H groups in total. The van der Waals surface area contributed by atoms with Gasteiger partial charge in [0.2, 0.25) is 0 Å². The van der Waals surface area contributed by atoms with Gasteiger partial charge in [0.05, 0.1) is 16.6 Å². The first kappa shape index (κ1) is 11.6. The predicted octanol–water partition coefficient (Wildman–Crippen LogP) is 1.33. The molecule has 0 unspecified atom stereocenters. The van der Waals surface area contributed by atoms with Crippen LogP contribution >= 0.6 is 0 Å². The number of hydrogen-bond acceptors (Lipinski definition) is 3. The molecule has 0 saturated heterocycles. The molecule has 0 aliphatic carbocycles. The average Bonchev–Trinajstić information content (AvgIpc) is 2.54. The largest absolute Gasteiger partial charge is 0.352 e. The molecule has 0 atom stereocenters. The summed E-state index contributed by atoms with van der Waals surface area (Å²) in [6.07, 6.45) is 0. The summed E-state index contributed by atoms with van der Waals surface area (Å²) < 4.78 is 1.71. The van der Waals surface area contributed by atoms with E-state index in [1.165, 1.54) is 0 Å². The van der Waals surface area contributed by atoms with Crippen LogP contribution in [0.2, 0.25) is 0 Å². The summed E-state index contributed by atoms with van der Waals surface area (Å²) in [7, 11) is 1.84. The second-order valence-electron chi connectivity index (χ2n) is 4.08. The Balaban J connectivity index is 2.73. The van der Waals surface area contributed by atoms with Crippen LogP contribution in [0.1, 0.15) is 28.7 Å². The van der Waals surface area contributed by atoms with Gasteiger partial charge in [-0.15, -0.1) is 0 Å².